The largest absolute Gasteiger partial charge is 0.504 e. The molecule has 1 aliphatic rings. The molecule has 3 heteroatoms. The van der Waals surface area contributed by atoms with Crippen LogP contribution in [0.5, 0.6) is 11.5 Å². The molecule has 0 spiro atoms. The summed E-state index contributed by atoms with van der Waals surface area (Å²) in [5.41, 5.74) is 4.72. The highest BCUT2D eigenvalue weighted by atomic mass is 16.5. The molecule has 4 rings (SSSR count). The second-order valence-corrected chi connectivity index (χ2v) is 6.00. The van der Waals surface area contributed by atoms with Crippen molar-refractivity contribution in [2.24, 2.45) is 4.99 Å². The molecule has 0 bridgehead atoms. The van der Waals surface area contributed by atoms with Crippen LogP contribution in [0, 0.1) is 0 Å². The third kappa shape index (κ3) is 2.52. The summed E-state index contributed by atoms with van der Waals surface area (Å²) in [7, 11) is 0. The lowest BCUT2D eigenvalue weighted by Gasteiger charge is -2.07. The van der Waals surface area contributed by atoms with Crippen molar-refractivity contribution in [3.8, 4) is 11.5 Å². The van der Waals surface area contributed by atoms with Crippen LogP contribution >= 0.6 is 0 Å². The zero-order chi connectivity index (χ0) is 16.5. The second kappa shape index (κ2) is 6.00. The SMILES string of the molecule is CCOc1cc(C=Nc2ccc3c4c(cccc24)CC3)ccc1O. The van der Waals surface area contributed by atoms with Crippen molar-refractivity contribution in [1.82, 2.24) is 0 Å². The number of aryl methyl sites for hydroxylation is 2. The molecule has 3 aromatic carbocycles. The Bertz CT molecular complexity index is 934. The predicted molar refractivity (Wildman–Crippen MR) is 97.9 cm³/mol. The Hall–Kier alpha value is -2.81. The first-order valence-corrected chi connectivity index (χ1v) is 8.29. The van der Waals surface area contributed by atoms with E-state index in [0.29, 0.717) is 12.4 Å². The predicted octanol–water partition coefficient (Wildman–Crippen LogP) is 4.79. The van der Waals surface area contributed by atoms with E-state index in [1.807, 2.05) is 25.3 Å². The van der Waals surface area contributed by atoms with Crippen LogP contribution in [0.15, 0.2) is 53.5 Å². The van der Waals surface area contributed by atoms with Gasteiger partial charge in [-0.3, -0.25) is 4.99 Å². The smallest absolute Gasteiger partial charge is 0.161 e. The summed E-state index contributed by atoms with van der Waals surface area (Å²) in [5.74, 6) is 0.640. The van der Waals surface area contributed by atoms with Gasteiger partial charge in [-0.05, 0) is 66.1 Å². The molecular weight excluding hydrogens is 298 g/mol. The van der Waals surface area contributed by atoms with Crippen molar-refractivity contribution in [2.45, 2.75) is 19.8 Å². The molecule has 3 aromatic rings. The number of nitrogens with zero attached hydrogens (tertiary/aromatic N) is 1. The fraction of sp³-hybridized carbons (Fsp3) is 0.190. The van der Waals surface area contributed by atoms with Crippen molar-refractivity contribution < 1.29 is 9.84 Å². The standard InChI is InChI=1S/C21H19NO2/c1-2-24-20-12-14(6-11-19(20)23)13-22-18-10-9-16-8-7-15-4-3-5-17(18)21(15)16/h3-6,9-13,23H,2,7-8H2,1H3. The Balaban J connectivity index is 1.73. The van der Waals surface area contributed by atoms with Gasteiger partial charge in [0.2, 0.25) is 0 Å². The van der Waals surface area contributed by atoms with Crippen LogP contribution in [-0.2, 0) is 12.8 Å². The number of hydrogen-bond donors (Lipinski definition) is 1. The molecule has 0 saturated heterocycles. The van der Waals surface area contributed by atoms with E-state index in [0.717, 1.165) is 24.1 Å². The summed E-state index contributed by atoms with van der Waals surface area (Å²) in [6.07, 6.45) is 4.06. The first-order chi connectivity index (χ1) is 11.8. The normalized spacial score (nSPS) is 13.0. The zero-order valence-corrected chi connectivity index (χ0v) is 13.6. The van der Waals surface area contributed by atoms with Crippen LogP contribution in [0.1, 0.15) is 23.6 Å². The van der Waals surface area contributed by atoms with E-state index in [9.17, 15) is 5.11 Å². The van der Waals surface area contributed by atoms with Gasteiger partial charge in [-0.2, -0.15) is 0 Å². The van der Waals surface area contributed by atoms with Gasteiger partial charge in [-0.15, -0.1) is 0 Å². The van der Waals surface area contributed by atoms with Crippen LogP contribution < -0.4 is 4.74 Å². The van der Waals surface area contributed by atoms with Gasteiger partial charge in [0.05, 0.1) is 12.3 Å². The lowest BCUT2D eigenvalue weighted by Crippen LogP contribution is -1.93. The first-order valence-electron chi connectivity index (χ1n) is 8.29. The maximum Gasteiger partial charge on any atom is 0.161 e. The maximum absolute atomic E-state index is 9.79. The number of ether oxygens (including phenoxy) is 1. The van der Waals surface area contributed by atoms with E-state index >= 15 is 0 Å². The Kier molecular flexibility index (Phi) is 3.69. The minimum atomic E-state index is 0.152. The number of phenolic OH excluding ortho intramolecular Hbond substituents is 1. The molecule has 120 valence electrons. The highest BCUT2D eigenvalue weighted by Crippen LogP contribution is 2.36. The molecule has 24 heavy (non-hydrogen) atoms. The third-order valence-electron chi connectivity index (χ3n) is 4.49. The van der Waals surface area contributed by atoms with Crippen LogP contribution in [-0.4, -0.2) is 17.9 Å². The number of phenols is 1. The lowest BCUT2D eigenvalue weighted by atomic mass is 10.0. The number of hydrogen-bond acceptors (Lipinski definition) is 3. The molecule has 0 aliphatic heterocycles. The molecular formula is C21H19NO2. The number of rotatable bonds is 4. The van der Waals surface area contributed by atoms with Crippen molar-refractivity contribution >= 4 is 22.7 Å². The Morgan fingerprint density at radius 2 is 1.92 bits per heavy atom. The Morgan fingerprint density at radius 1 is 1.08 bits per heavy atom. The van der Waals surface area contributed by atoms with Crippen LogP contribution in [0.3, 0.4) is 0 Å². The molecule has 0 radical (unpaired) electrons. The van der Waals surface area contributed by atoms with Gasteiger partial charge >= 0.3 is 0 Å². The number of benzene rings is 3. The van der Waals surface area contributed by atoms with E-state index < -0.39 is 0 Å². The average Bonchev–Trinajstić information content (AvgIpc) is 3.02. The van der Waals surface area contributed by atoms with Crippen molar-refractivity contribution in [1.29, 1.82) is 0 Å². The highest BCUT2D eigenvalue weighted by Gasteiger charge is 2.15. The van der Waals surface area contributed by atoms with E-state index in [1.165, 1.54) is 21.9 Å². The van der Waals surface area contributed by atoms with E-state index in [-0.39, 0.29) is 5.75 Å². The van der Waals surface area contributed by atoms with Crippen molar-refractivity contribution in [3.05, 3.63) is 65.2 Å². The van der Waals surface area contributed by atoms with E-state index in [1.54, 1.807) is 6.07 Å². The fourth-order valence-electron chi connectivity index (χ4n) is 3.37. The Morgan fingerprint density at radius 3 is 2.75 bits per heavy atom. The molecule has 0 atom stereocenters. The highest BCUT2D eigenvalue weighted by molar-refractivity contribution is 6.00. The molecule has 0 amide bonds. The van der Waals surface area contributed by atoms with Gasteiger partial charge in [0.1, 0.15) is 0 Å². The monoisotopic (exact) mass is 317 g/mol. The molecule has 0 heterocycles. The molecule has 0 aromatic heterocycles. The van der Waals surface area contributed by atoms with Gasteiger partial charge < -0.3 is 9.84 Å². The van der Waals surface area contributed by atoms with Crippen LogP contribution in [0.25, 0.3) is 10.8 Å². The Labute approximate surface area is 141 Å². The zero-order valence-electron chi connectivity index (χ0n) is 13.6. The summed E-state index contributed by atoms with van der Waals surface area (Å²) in [4.78, 5) is 4.68. The third-order valence-corrected chi connectivity index (χ3v) is 4.49. The first kappa shape index (κ1) is 14.8. The summed E-state index contributed by atoms with van der Waals surface area (Å²) >= 11 is 0. The summed E-state index contributed by atoms with van der Waals surface area (Å²) < 4.78 is 5.43. The van der Waals surface area contributed by atoms with Gasteiger partial charge in [-0.25, -0.2) is 0 Å². The van der Waals surface area contributed by atoms with Crippen LogP contribution in [0.2, 0.25) is 0 Å². The average molecular weight is 317 g/mol. The minimum Gasteiger partial charge on any atom is -0.504 e. The van der Waals surface area contributed by atoms with Gasteiger partial charge in [0.15, 0.2) is 11.5 Å². The molecule has 0 unspecified atom stereocenters. The summed E-state index contributed by atoms with van der Waals surface area (Å²) in [5, 5.41) is 12.4. The lowest BCUT2D eigenvalue weighted by molar-refractivity contribution is 0.318. The van der Waals surface area contributed by atoms with Gasteiger partial charge in [0.25, 0.3) is 0 Å². The van der Waals surface area contributed by atoms with Crippen molar-refractivity contribution in [2.75, 3.05) is 6.61 Å². The van der Waals surface area contributed by atoms with Gasteiger partial charge in [0, 0.05) is 11.6 Å². The summed E-state index contributed by atoms with van der Waals surface area (Å²) in [6, 6.07) is 16.0. The number of aliphatic imine (C=N–C) groups is 1. The molecule has 3 nitrogen and oxygen atoms in total. The molecule has 1 aliphatic carbocycles. The van der Waals surface area contributed by atoms with Crippen LogP contribution in [0.4, 0.5) is 5.69 Å². The minimum absolute atomic E-state index is 0.152. The van der Waals surface area contributed by atoms with E-state index in [2.05, 4.69) is 35.3 Å². The maximum atomic E-state index is 9.79. The van der Waals surface area contributed by atoms with Gasteiger partial charge in [-0.1, -0.05) is 24.3 Å². The molecule has 0 saturated carbocycles. The van der Waals surface area contributed by atoms with E-state index in [4.69, 9.17) is 4.74 Å². The summed E-state index contributed by atoms with van der Waals surface area (Å²) in [6.45, 7) is 2.41. The second-order valence-electron chi connectivity index (χ2n) is 6.00. The quantitative estimate of drug-likeness (QED) is 0.703. The fourth-order valence-corrected chi connectivity index (χ4v) is 3.37. The molecule has 0 fully saturated rings. The topological polar surface area (TPSA) is 41.8 Å². The number of aromatic hydroxyl groups is 1. The molecule has 1 N–H and O–H groups in total. The van der Waals surface area contributed by atoms with Crippen molar-refractivity contribution in [3.63, 3.8) is 0 Å².